The van der Waals surface area contributed by atoms with Gasteiger partial charge in [0.05, 0.1) is 6.61 Å². The van der Waals surface area contributed by atoms with Gasteiger partial charge in [-0.05, 0) is 37.3 Å². The topological polar surface area (TPSA) is 21.7 Å². The van der Waals surface area contributed by atoms with Crippen LogP contribution in [-0.4, -0.2) is 36.6 Å². The second-order valence-corrected chi connectivity index (χ2v) is 7.16. The third kappa shape index (κ3) is 3.32. The molecular formula is C16H31NO2. The molecule has 2 aliphatic rings. The molecule has 0 aromatic heterocycles. The van der Waals surface area contributed by atoms with Gasteiger partial charge in [0.15, 0.2) is 5.79 Å². The van der Waals surface area contributed by atoms with Gasteiger partial charge in [-0.15, -0.1) is 0 Å². The first-order valence-electron chi connectivity index (χ1n) is 7.96. The Balaban J connectivity index is 1.91. The summed E-state index contributed by atoms with van der Waals surface area (Å²) in [5.41, 5.74) is 0.415. The van der Waals surface area contributed by atoms with E-state index in [2.05, 4.69) is 39.5 Å². The second kappa shape index (κ2) is 5.71. The van der Waals surface area contributed by atoms with Gasteiger partial charge in [0.25, 0.3) is 0 Å². The van der Waals surface area contributed by atoms with E-state index in [1.807, 2.05) is 0 Å². The summed E-state index contributed by atoms with van der Waals surface area (Å²) in [5.74, 6) is 0.535. The van der Waals surface area contributed by atoms with Crippen LogP contribution in [0.2, 0.25) is 0 Å². The number of nitrogens with zero attached hydrogens (tertiary/aromatic N) is 1. The molecule has 0 bridgehead atoms. The summed E-state index contributed by atoms with van der Waals surface area (Å²) in [6.45, 7) is 14.2. The largest absolute Gasteiger partial charge is 0.346 e. The van der Waals surface area contributed by atoms with Crippen LogP contribution in [-0.2, 0) is 9.47 Å². The van der Waals surface area contributed by atoms with E-state index in [0.717, 1.165) is 38.5 Å². The minimum absolute atomic E-state index is 0.168. The van der Waals surface area contributed by atoms with Crippen LogP contribution in [0.5, 0.6) is 0 Å². The Morgan fingerprint density at radius 2 is 1.68 bits per heavy atom. The van der Waals surface area contributed by atoms with E-state index in [0.29, 0.717) is 5.41 Å². The molecule has 19 heavy (non-hydrogen) atoms. The van der Waals surface area contributed by atoms with E-state index in [1.54, 1.807) is 0 Å². The zero-order chi connectivity index (χ0) is 14.1. The Morgan fingerprint density at radius 3 is 2.16 bits per heavy atom. The first-order chi connectivity index (χ1) is 8.90. The lowest BCUT2D eigenvalue weighted by Crippen LogP contribution is -2.42. The third-order valence-corrected chi connectivity index (χ3v) is 5.03. The Hall–Kier alpha value is -0.120. The van der Waals surface area contributed by atoms with Crippen molar-refractivity contribution in [2.45, 2.75) is 72.3 Å². The molecular weight excluding hydrogens is 238 g/mol. The molecule has 3 heteroatoms. The van der Waals surface area contributed by atoms with Crippen molar-refractivity contribution in [3.63, 3.8) is 0 Å². The van der Waals surface area contributed by atoms with Gasteiger partial charge in [-0.3, -0.25) is 4.90 Å². The molecule has 0 N–H and O–H groups in total. The van der Waals surface area contributed by atoms with E-state index >= 15 is 0 Å². The first-order valence-corrected chi connectivity index (χ1v) is 7.96. The lowest BCUT2D eigenvalue weighted by molar-refractivity contribution is -0.210. The van der Waals surface area contributed by atoms with E-state index in [1.165, 1.54) is 12.8 Å². The van der Waals surface area contributed by atoms with Gasteiger partial charge >= 0.3 is 0 Å². The second-order valence-electron chi connectivity index (χ2n) is 7.16. The van der Waals surface area contributed by atoms with E-state index in [-0.39, 0.29) is 12.0 Å². The number of hydrogen-bond donors (Lipinski definition) is 0. The molecule has 1 atom stereocenters. The first kappa shape index (κ1) is 15.3. The zero-order valence-electron chi connectivity index (χ0n) is 13.4. The number of ether oxygens (including phenoxy) is 2. The highest BCUT2D eigenvalue weighted by atomic mass is 16.8. The molecule has 3 nitrogen and oxygen atoms in total. The Morgan fingerprint density at radius 1 is 1.11 bits per heavy atom. The summed E-state index contributed by atoms with van der Waals surface area (Å²) in [6.07, 6.45) is 4.75. The van der Waals surface area contributed by atoms with Gasteiger partial charge in [0.2, 0.25) is 0 Å². The molecule has 2 rings (SSSR count). The lowest BCUT2D eigenvalue weighted by Gasteiger charge is -2.41. The van der Waals surface area contributed by atoms with Crippen LogP contribution in [0.4, 0.5) is 0 Å². The fraction of sp³-hybridized carbons (Fsp3) is 1.00. The molecule has 1 aliphatic heterocycles. The molecule has 0 amide bonds. The third-order valence-electron chi connectivity index (χ3n) is 5.03. The van der Waals surface area contributed by atoms with Crippen LogP contribution >= 0.6 is 0 Å². The molecule has 1 spiro atoms. The van der Waals surface area contributed by atoms with Gasteiger partial charge in [-0.25, -0.2) is 0 Å². The highest BCUT2D eigenvalue weighted by Crippen LogP contribution is 2.45. The van der Waals surface area contributed by atoms with Gasteiger partial charge in [-0.2, -0.15) is 0 Å². The van der Waals surface area contributed by atoms with Crippen LogP contribution in [0.25, 0.3) is 0 Å². The molecule has 1 saturated carbocycles. The van der Waals surface area contributed by atoms with Crippen LogP contribution in [0.3, 0.4) is 0 Å². The van der Waals surface area contributed by atoms with Crippen molar-refractivity contribution in [1.82, 2.24) is 4.90 Å². The molecule has 1 heterocycles. The fourth-order valence-corrected chi connectivity index (χ4v) is 3.54. The van der Waals surface area contributed by atoms with Crippen molar-refractivity contribution >= 4 is 0 Å². The molecule has 0 aromatic rings. The molecule has 1 unspecified atom stereocenters. The van der Waals surface area contributed by atoms with Crippen molar-refractivity contribution in [2.24, 2.45) is 11.3 Å². The van der Waals surface area contributed by atoms with Gasteiger partial charge in [-0.1, -0.05) is 34.6 Å². The molecule has 1 saturated heterocycles. The van der Waals surface area contributed by atoms with Crippen molar-refractivity contribution in [3.8, 4) is 0 Å². The van der Waals surface area contributed by atoms with Crippen molar-refractivity contribution < 1.29 is 9.47 Å². The molecule has 0 aromatic carbocycles. The molecule has 0 radical (unpaired) electrons. The Labute approximate surface area is 118 Å². The zero-order valence-corrected chi connectivity index (χ0v) is 13.4. The quantitative estimate of drug-likeness (QED) is 0.781. The maximum Gasteiger partial charge on any atom is 0.170 e. The van der Waals surface area contributed by atoms with Crippen LogP contribution < -0.4 is 0 Å². The van der Waals surface area contributed by atoms with Gasteiger partial charge in [0.1, 0.15) is 6.23 Å². The SMILES string of the molecule is CCN(CC)C1COC2(CCC(C(C)(C)C)CC2)O1. The summed E-state index contributed by atoms with van der Waals surface area (Å²) in [7, 11) is 0. The lowest BCUT2D eigenvalue weighted by atomic mass is 9.71. The summed E-state index contributed by atoms with van der Waals surface area (Å²) in [4.78, 5) is 2.35. The molecule has 112 valence electrons. The average Bonchev–Trinajstić information content (AvgIpc) is 2.74. The summed E-state index contributed by atoms with van der Waals surface area (Å²) in [5, 5.41) is 0. The van der Waals surface area contributed by atoms with Crippen LogP contribution in [0.15, 0.2) is 0 Å². The van der Waals surface area contributed by atoms with E-state index in [9.17, 15) is 0 Å². The minimum Gasteiger partial charge on any atom is -0.346 e. The maximum atomic E-state index is 6.30. The minimum atomic E-state index is -0.269. The fourth-order valence-electron chi connectivity index (χ4n) is 3.54. The maximum absolute atomic E-state index is 6.30. The normalized spacial score (nSPS) is 36.3. The summed E-state index contributed by atoms with van der Waals surface area (Å²) < 4.78 is 12.4. The molecule has 2 fully saturated rings. The number of hydrogen-bond acceptors (Lipinski definition) is 3. The number of rotatable bonds is 3. The van der Waals surface area contributed by atoms with Gasteiger partial charge in [0, 0.05) is 12.8 Å². The Kier molecular flexibility index (Phi) is 4.59. The average molecular weight is 269 g/mol. The summed E-state index contributed by atoms with van der Waals surface area (Å²) >= 11 is 0. The predicted molar refractivity (Wildman–Crippen MR) is 77.9 cm³/mol. The summed E-state index contributed by atoms with van der Waals surface area (Å²) in [6, 6.07) is 0. The van der Waals surface area contributed by atoms with Gasteiger partial charge < -0.3 is 9.47 Å². The smallest absolute Gasteiger partial charge is 0.170 e. The van der Waals surface area contributed by atoms with Crippen molar-refractivity contribution in [3.05, 3.63) is 0 Å². The monoisotopic (exact) mass is 269 g/mol. The van der Waals surface area contributed by atoms with E-state index in [4.69, 9.17) is 9.47 Å². The predicted octanol–water partition coefficient (Wildman–Crippen LogP) is 3.63. The van der Waals surface area contributed by atoms with E-state index < -0.39 is 0 Å². The Bertz CT molecular complexity index is 286. The van der Waals surface area contributed by atoms with Crippen molar-refractivity contribution in [1.29, 1.82) is 0 Å². The standard InChI is InChI=1S/C16H31NO2/c1-6-17(7-2)14-12-18-16(19-14)10-8-13(9-11-16)15(3,4)5/h13-14H,6-12H2,1-5H3. The molecule has 1 aliphatic carbocycles. The number of likely N-dealkylation sites (N-methyl/N-ethyl adjacent to an activating group) is 1. The van der Waals surface area contributed by atoms with Crippen LogP contribution in [0.1, 0.15) is 60.3 Å². The highest BCUT2D eigenvalue weighted by molar-refractivity contribution is 4.88. The highest BCUT2D eigenvalue weighted by Gasteiger charge is 2.46. The van der Waals surface area contributed by atoms with Crippen molar-refractivity contribution in [2.75, 3.05) is 19.7 Å². The van der Waals surface area contributed by atoms with Crippen LogP contribution in [0, 0.1) is 11.3 Å².